The molecule has 1 amide bonds. The summed E-state index contributed by atoms with van der Waals surface area (Å²) in [5.41, 5.74) is 0. The highest BCUT2D eigenvalue weighted by Crippen LogP contribution is 2.19. The Morgan fingerprint density at radius 3 is 2.10 bits per heavy atom. The van der Waals surface area contributed by atoms with E-state index in [0.717, 1.165) is 4.31 Å². The van der Waals surface area contributed by atoms with E-state index in [-0.39, 0.29) is 24.0 Å². The van der Waals surface area contributed by atoms with Crippen molar-refractivity contribution in [1.82, 2.24) is 9.62 Å². The minimum Gasteiger partial charge on any atom is -0.497 e. The molecule has 0 aliphatic heterocycles. The molecule has 0 saturated carbocycles. The van der Waals surface area contributed by atoms with Crippen LogP contribution in [0.25, 0.3) is 0 Å². The Labute approximate surface area is 171 Å². The van der Waals surface area contributed by atoms with Crippen LogP contribution >= 0.6 is 0 Å². The second kappa shape index (κ2) is 10.1. The molecule has 2 aromatic rings. The number of hydrogen-bond donors (Lipinski definition) is 1. The van der Waals surface area contributed by atoms with E-state index in [9.17, 15) is 13.2 Å². The van der Waals surface area contributed by atoms with Gasteiger partial charge >= 0.3 is 0 Å². The molecular formula is C20H26N2O6S. The first-order valence-corrected chi connectivity index (χ1v) is 10.4. The van der Waals surface area contributed by atoms with Crippen LogP contribution in [0.3, 0.4) is 0 Å². The van der Waals surface area contributed by atoms with Crippen molar-refractivity contribution in [2.45, 2.75) is 17.9 Å². The zero-order valence-electron chi connectivity index (χ0n) is 16.9. The van der Waals surface area contributed by atoms with Gasteiger partial charge in [-0.25, -0.2) is 12.7 Å². The van der Waals surface area contributed by atoms with E-state index in [1.54, 1.807) is 50.4 Å². The summed E-state index contributed by atoms with van der Waals surface area (Å²) in [5, 5.41) is 2.73. The third-order valence-corrected chi connectivity index (χ3v) is 5.84. The molecule has 0 radical (unpaired) electrons. The maximum atomic E-state index is 12.1. The molecule has 0 aliphatic carbocycles. The summed E-state index contributed by atoms with van der Waals surface area (Å²) in [6.45, 7) is 2.18. The molecular weight excluding hydrogens is 396 g/mol. The summed E-state index contributed by atoms with van der Waals surface area (Å²) in [5.74, 6) is 1.52. The highest BCUT2D eigenvalue weighted by atomic mass is 32.2. The predicted octanol–water partition coefficient (Wildman–Crippen LogP) is 1.91. The molecule has 2 aromatic carbocycles. The maximum absolute atomic E-state index is 12.1. The minimum atomic E-state index is -3.47. The van der Waals surface area contributed by atoms with Crippen LogP contribution in [0.15, 0.2) is 53.4 Å². The van der Waals surface area contributed by atoms with Crippen molar-refractivity contribution < 1.29 is 27.4 Å². The fraction of sp³-hybridized carbons (Fsp3) is 0.350. The SMILES string of the molecule is COc1ccc(O[C@@H](C)C(=O)NCCOc2ccc(S(=O)(=O)N(C)C)cc2)cc1. The van der Waals surface area contributed by atoms with E-state index in [4.69, 9.17) is 14.2 Å². The molecule has 1 atom stereocenters. The normalized spacial score (nSPS) is 12.3. The van der Waals surface area contributed by atoms with Crippen molar-refractivity contribution in [3.63, 3.8) is 0 Å². The van der Waals surface area contributed by atoms with Crippen LogP contribution in [0.1, 0.15) is 6.92 Å². The molecule has 158 valence electrons. The Morgan fingerprint density at radius 2 is 1.55 bits per heavy atom. The van der Waals surface area contributed by atoms with Crippen LogP contribution in [0.5, 0.6) is 17.2 Å². The summed E-state index contributed by atoms with van der Waals surface area (Å²) in [7, 11) is 1.06. The molecule has 29 heavy (non-hydrogen) atoms. The third-order valence-electron chi connectivity index (χ3n) is 4.01. The summed E-state index contributed by atoms with van der Waals surface area (Å²) >= 11 is 0. The van der Waals surface area contributed by atoms with Crippen LogP contribution in [0, 0.1) is 0 Å². The molecule has 0 fully saturated rings. The number of methoxy groups -OCH3 is 1. The van der Waals surface area contributed by atoms with Gasteiger partial charge in [-0.15, -0.1) is 0 Å². The van der Waals surface area contributed by atoms with E-state index in [0.29, 0.717) is 17.2 Å². The molecule has 0 bridgehead atoms. The molecule has 0 aromatic heterocycles. The van der Waals surface area contributed by atoms with Gasteiger partial charge in [0.15, 0.2) is 6.10 Å². The average molecular weight is 423 g/mol. The van der Waals surface area contributed by atoms with Crippen molar-refractivity contribution in [2.75, 3.05) is 34.4 Å². The highest BCUT2D eigenvalue weighted by Gasteiger charge is 2.17. The number of sulfonamides is 1. The number of ether oxygens (including phenoxy) is 3. The quantitative estimate of drug-likeness (QED) is 0.588. The maximum Gasteiger partial charge on any atom is 0.260 e. The van der Waals surface area contributed by atoms with Crippen molar-refractivity contribution in [1.29, 1.82) is 0 Å². The van der Waals surface area contributed by atoms with Gasteiger partial charge in [-0.1, -0.05) is 0 Å². The monoisotopic (exact) mass is 422 g/mol. The van der Waals surface area contributed by atoms with Gasteiger partial charge in [-0.3, -0.25) is 4.79 Å². The number of carbonyl (C=O) groups excluding carboxylic acids is 1. The van der Waals surface area contributed by atoms with Gasteiger partial charge in [-0.2, -0.15) is 0 Å². The summed E-state index contributed by atoms with van der Waals surface area (Å²) in [6.07, 6.45) is -0.668. The van der Waals surface area contributed by atoms with E-state index in [1.165, 1.54) is 26.2 Å². The van der Waals surface area contributed by atoms with Gasteiger partial charge in [0.2, 0.25) is 10.0 Å². The Balaban J connectivity index is 1.75. The lowest BCUT2D eigenvalue weighted by atomic mass is 10.3. The number of hydrogen-bond acceptors (Lipinski definition) is 6. The summed E-state index contributed by atoms with van der Waals surface area (Å²) in [4.78, 5) is 12.3. The first-order chi connectivity index (χ1) is 13.7. The fourth-order valence-electron chi connectivity index (χ4n) is 2.32. The number of amides is 1. The molecule has 0 heterocycles. The average Bonchev–Trinajstić information content (AvgIpc) is 2.71. The Morgan fingerprint density at radius 1 is 1.00 bits per heavy atom. The van der Waals surface area contributed by atoms with Gasteiger partial charge in [0.25, 0.3) is 5.91 Å². The zero-order valence-corrected chi connectivity index (χ0v) is 17.7. The van der Waals surface area contributed by atoms with Crippen molar-refractivity contribution >= 4 is 15.9 Å². The number of nitrogens with one attached hydrogen (secondary N) is 1. The molecule has 2 rings (SSSR count). The van der Waals surface area contributed by atoms with E-state index < -0.39 is 16.1 Å². The third kappa shape index (κ3) is 6.37. The predicted molar refractivity (Wildman–Crippen MR) is 109 cm³/mol. The second-order valence-electron chi connectivity index (χ2n) is 6.33. The fourth-order valence-corrected chi connectivity index (χ4v) is 3.22. The van der Waals surface area contributed by atoms with Crippen LogP contribution in [0.4, 0.5) is 0 Å². The van der Waals surface area contributed by atoms with Crippen LogP contribution in [-0.4, -0.2) is 59.1 Å². The molecule has 9 heteroatoms. The second-order valence-corrected chi connectivity index (χ2v) is 8.49. The molecule has 0 unspecified atom stereocenters. The van der Waals surface area contributed by atoms with Crippen LogP contribution in [0.2, 0.25) is 0 Å². The van der Waals surface area contributed by atoms with Crippen molar-refractivity contribution in [2.24, 2.45) is 0 Å². The van der Waals surface area contributed by atoms with E-state index in [2.05, 4.69) is 5.32 Å². The summed E-state index contributed by atoms with van der Waals surface area (Å²) < 4.78 is 41.4. The van der Waals surface area contributed by atoms with Crippen LogP contribution < -0.4 is 19.5 Å². The first-order valence-electron chi connectivity index (χ1n) is 8.98. The lowest BCUT2D eigenvalue weighted by molar-refractivity contribution is -0.127. The number of nitrogens with zero attached hydrogens (tertiary/aromatic N) is 1. The van der Waals surface area contributed by atoms with E-state index in [1.807, 2.05) is 0 Å². The number of carbonyl (C=O) groups is 1. The van der Waals surface area contributed by atoms with Gasteiger partial charge in [0.1, 0.15) is 23.9 Å². The Bertz CT molecular complexity index is 896. The van der Waals surface area contributed by atoms with Gasteiger partial charge in [-0.05, 0) is 55.5 Å². The Kier molecular flexibility index (Phi) is 7.86. The molecule has 1 N–H and O–H groups in total. The standard InChI is InChI=1S/C20H26N2O6S/c1-15(28-18-7-5-16(26-4)6-8-18)20(23)21-13-14-27-17-9-11-19(12-10-17)29(24,25)22(2)3/h5-12,15H,13-14H2,1-4H3,(H,21,23)/t15-/m0/s1. The topological polar surface area (TPSA) is 94.2 Å². The Hall–Kier alpha value is -2.78. The minimum absolute atomic E-state index is 0.188. The first kappa shape index (κ1) is 22.5. The summed E-state index contributed by atoms with van der Waals surface area (Å²) in [6, 6.07) is 13.1. The van der Waals surface area contributed by atoms with Crippen molar-refractivity contribution in [3.8, 4) is 17.2 Å². The molecule has 0 spiro atoms. The largest absolute Gasteiger partial charge is 0.497 e. The zero-order chi connectivity index (χ0) is 21.4. The van der Waals surface area contributed by atoms with Crippen molar-refractivity contribution in [3.05, 3.63) is 48.5 Å². The lowest BCUT2D eigenvalue weighted by Gasteiger charge is -2.15. The number of rotatable bonds is 10. The number of benzene rings is 2. The van der Waals surface area contributed by atoms with Gasteiger partial charge < -0.3 is 19.5 Å². The van der Waals surface area contributed by atoms with Gasteiger partial charge in [0, 0.05) is 14.1 Å². The lowest BCUT2D eigenvalue weighted by Crippen LogP contribution is -2.38. The molecule has 0 aliphatic rings. The van der Waals surface area contributed by atoms with Gasteiger partial charge in [0.05, 0.1) is 18.6 Å². The van der Waals surface area contributed by atoms with E-state index >= 15 is 0 Å². The molecule has 8 nitrogen and oxygen atoms in total. The smallest absolute Gasteiger partial charge is 0.260 e. The molecule has 0 saturated heterocycles. The van der Waals surface area contributed by atoms with Crippen LogP contribution in [-0.2, 0) is 14.8 Å². The highest BCUT2D eigenvalue weighted by molar-refractivity contribution is 7.89.